The lowest BCUT2D eigenvalue weighted by molar-refractivity contribution is 0.183. The van der Waals surface area contributed by atoms with E-state index in [1.807, 2.05) is 19.1 Å². The molecule has 0 saturated carbocycles. The highest BCUT2D eigenvalue weighted by molar-refractivity contribution is 5.56. The third-order valence-electron chi connectivity index (χ3n) is 4.35. The number of rotatable bonds is 4. The van der Waals surface area contributed by atoms with Crippen LogP contribution in [0.3, 0.4) is 0 Å². The number of anilines is 1. The minimum absolute atomic E-state index is 0.125. The van der Waals surface area contributed by atoms with Crippen LogP contribution in [0, 0.1) is 6.92 Å². The van der Waals surface area contributed by atoms with Crippen LogP contribution in [-0.2, 0) is 4.74 Å². The second-order valence-electron chi connectivity index (χ2n) is 6.09. The van der Waals surface area contributed by atoms with Crippen molar-refractivity contribution in [3.63, 3.8) is 0 Å². The number of pyridine rings is 1. The van der Waals surface area contributed by atoms with Gasteiger partial charge < -0.3 is 10.1 Å². The molecule has 1 aliphatic rings. The van der Waals surface area contributed by atoms with Gasteiger partial charge in [-0.25, -0.2) is 9.67 Å². The fourth-order valence-electron chi connectivity index (χ4n) is 2.98. The zero-order valence-electron chi connectivity index (χ0n) is 14.2. The van der Waals surface area contributed by atoms with Gasteiger partial charge >= 0.3 is 0 Å². The Morgan fingerprint density at radius 3 is 2.85 bits per heavy atom. The molecule has 1 fully saturated rings. The molecular weight excluding hydrogens is 332 g/mol. The molecule has 1 saturated heterocycles. The van der Waals surface area contributed by atoms with Crippen molar-refractivity contribution < 1.29 is 4.74 Å². The van der Waals surface area contributed by atoms with E-state index in [0.717, 1.165) is 11.3 Å². The highest BCUT2D eigenvalue weighted by Gasteiger charge is 2.32. The Labute approximate surface area is 149 Å². The van der Waals surface area contributed by atoms with Crippen LogP contribution in [0.25, 0.3) is 11.3 Å². The quantitative estimate of drug-likeness (QED) is 0.761. The van der Waals surface area contributed by atoms with Gasteiger partial charge in [0.15, 0.2) is 0 Å². The minimum atomic E-state index is -0.236. The molecule has 8 heteroatoms. The highest BCUT2D eigenvalue weighted by Crippen LogP contribution is 2.23. The van der Waals surface area contributed by atoms with Crippen molar-refractivity contribution in [3.8, 4) is 11.3 Å². The first-order chi connectivity index (χ1) is 12.7. The number of nitrogens with one attached hydrogen (secondary N) is 1. The van der Waals surface area contributed by atoms with Gasteiger partial charge in [0.05, 0.1) is 30.6 Å². The van der Waals surface area contributed by atoms with E-state index < -0.39 is 0 Å². The van der Waals surface area contributed by atoms with Crippen LogP contribution >= 0.6 is 0 Å². The van der Waals surface area contributed by atoms with E-state index in [4.69, 9.17) is 4.74 Å². The van der Waals surface area contributed by atoms with Crippen molar-refractivity contribution in [1.82, 2.24) is 24.7 Å². The Balaban J connectivity index is 1.65. The number of hydrogen-bond donors (Lipinski definition) is 1. The molecule has 2 atom stereocenters. The van der Waals surface area contributed by atoms with Gasteiger partial charge in [0.2, 0.25) is 0 Å². The summed E-state index contributed by atoms with van der Waals surface area (Å²) in [5.74, 6) is 0.685. The van der Waals surface area contributed by atoms with Gasteiger partial charge in [0.1, 0.15) is 11.9 Å². The van der Waals surface area contributed by atoms with Gasteiger partial charge in [-0.3, -0.25) is 14.8 Å². The molecular formula is C18H18N6O2. The fourth-order valence-corrected chi connectivity index (χ4v) is 2.98. The molecule has 4 rings (SSSR count). The second-order valence-corrected chi connectivity index (χ2v) is 6.09. The Kier molecular flexibility index (Phi) is 4.40. The topological polar surface area (TPSA) is 94.8 Å². The largest absolute Gasteiger partial charge is 0.377 e. The molecule has 0 amide bonds. The number of nitrogens with zero attached hydrogens (tertiary/aromatic N) is 5. The predicted molar refractivity (Wildman–Crippen MR) is 95.8 cm³/mol. The lowest BCUT2D eigenvalue weighted by atomic mass is 10.1. The molecule has 3 aromatic heterocycles. The summed E-state index contributed by atoms with van der Waals surface area (Å²) < 4.78 is 7.10. The molecule has 26 heavy (non-hydrogen) atoms. The summed E-state index contributed by atoms with van der Waals surface area (Å²) >= 11 is 0. The normalized spacial score (nSPS) is 19.4. The number of hydrogen-bond acceptors (Lipinski definition) is 7. The molecule has 0 radical (unpaired) electrons. The van der Waals surface area contributed by atoms with Gasteiger partial charge in [0.25, 0.3) is 5.56 Å². The van der Waals surface area contributed by atoms with E-state index in [9.17, 15) is 4.79 Å². The second kappa shape index (κ2) is 7.01. The van der Waals surface area contributed by atoms with Crippen LogP contribution in [0.15, 0.2) is 53.8 Å². The first-order valence-corrected chi connectivity index (χ1v) is 8.34. The molecule has 3 aromatic rings. The van der Waals surface area contributed by atoms with Crippen LogP contribution in [0.5, 0.6) is 0 Å². The van der Waals surface area contributed by atoms with Crippen LogP contribution in [-0.4, -0.2) is 44.0 Å². The third kappa shape index (κ3) is 3.18. The SMILES string of the molecule is Cc1nccnc1NC1COCC1n1nc(-c2cccnc2)ccc1=O. The standard InChI is InChI=1S/C18H18N6O2/c1-12-18(21-8-7-20-12)22-15-10-26-11-16(15)24-17(25)5-4-14(23-24)13-3-2-6-19-9-13/h2-9,15-16H,10-11H2,1H3,(H,21,22). The van der Waals surface area contributed by atoms with Crippen molar-refractivity contribution >= 4 is 5.82 Å². The number of ether oxygens (including phenoxy) is 1. The molecule has 0 bridgehead atoms. The van der Waals surface area contributed by atoms with Crippen molar-refractivity contribution in [1.29, 1.82) is 0 Å². The Hall–Kier alpha value is -3.13. The zero-order valence-corrected chi connectivity index (χ0v) is 14.2. The van der Waals surface area contributed by atoms with E-state index in [1.165, 1.54) is 10.7 Å². The van der Waals surface area contributed by atoms with Crippen LogP contribution in [0.4, 0.5) is 5.82 Å². The molecule has 4 heterocycles. The van der Waals surface area contributed by atoms with E-state index >= 15 is 0 Å². The molecule has 8 nitrogen and oxygen atoms in total. The summed E-state index contributed by atoms with van der Waals surface area (Å²) in [6, 6.07) is 6.62. The lowest BCUT2D eigenvalue weighted by Gasteiger charge is -2.21. The van der Waals surface area contributed by atoms with E-state index in [0.29, 0.717) is 24.7 Å². The highest BCUT2D eigenvalue weighted by atomic mass is 16.5. The van der Waals surface area contributed by atoms with E-state index in [1.54, 1.807) is 30.9 Å². The van der Waals surface area contributed by atoms with E-state index in [-0.39, 0.29) is 17.6 Å². The Morgan fingerprint density at radius 2 is 2.04 bits per heavy atom. The molecule has 2 unspecified atom stereocenters. The summed E-state index contributed by atoms with van der Waals surface area (Å²) in [7, 11) is 0. The number of aryl methyl sites for hydroxylation is 1. The zero-order chi connectivity index (χ0) is 17.9. The fraction of sp³-hybridized carbons (Fsp3) is 0.278. The first kappa shape index (κ1) is 16.3. The summed E-state index contributed by atoms with van der Waals surface area (Å²) in [5.41, 5.74) is 2.17. The maximum atomic E-state index is 12.4. The summed E-state index contributed by atoms with van der Waals surface area (Å²) in [6.07, 6.45) is 6.70. The third-order valence-corrected chi connectivity index (χ3v) is 4.35. The average molecular weight is 350 g/mol. The smallest absolute Gasteiger partial charge is 0.267 e. The van der Waals surface area contributed by atoms with E-state index in [2.05, 4.69) is 25.4 Å². The maximum Gasteiger partial charge on any atom is 0.267 e. The molecule has 0 aliphatic carbocycles. The minimum Gasteiger partial charge on any atom is -0.377 e. The molecule has 0 aromatic carbocycles. The molecule has 0 spiro atoms. The van der Waals surface area contributed by atoms with Crippen molar-refractivity contribution in [2.24, 2.45) is 0 Å². The Morgan fingerprint density at radius 1 is 1.15 bits per heavy atom. The van der Waals surface area contributed by atoms with Gasteiger partial charge in [-0.05, 0) is 25.1 Å². The predicted octanol–water partition coefficient (Wildman–Crippen LogP) is 1.46. The van der Waals surface area contributed by atoms with Crippen molar-refractivity contribution in [2.75, 3.05) is 18.5 Å². The Bertz CT molecular complexity index is 959. The van der Waals surface area contributed by atoms with Crippen molar-refractivity contribution in [2.45, 2.75) is 19.0 Å². The van der Waals surface area contributed by atoms with Gasteiger partial charge in [-0.2, -0.15) is 5.10 Å². The monoisotopic (exact) mass is 350 g/mol. The summed E-state index contributed by atoms with van der Waals surface area (Å²) in [6.45, 7) is 2.75. The van der Waals surface area contributed by atoms with Gasteiger partial charge in [-0.1, -0.05) is 0 Å². The average Bonchev–Trinajstić information content (AvgIpc) is 3.13. The number of aromatic nitrogens is 5. The molecule has 1 N–H and O–H groups in total. The summed E-state index contributed by atoms with van der Waals surface area (Å²) in [4.78, 5) is 25.1. The van der Waals surface area contributed by atoms with Crippen LogP contribution in [0.2, 0.25) is 0 Å². The van der Waals surface area contributed by atoms with Crippen molar-refractivity contribution in [3.05, 3.63) is 65.1 Å². The summed E-state index contributed by atoms with van der Waals surface area (Å²) in [5, 5.41) is 7.88. The van der Waals surface area contributed by atoms with Crippen LogP contribution in [0.1, 0.15) is 11.7 Å². The lowest BCUT2D eigenvalue weighted by Crippen LogP contribution is -2.37. The van der Waals surface area contributed by atoms with Gasteiger partial charge in [-0.15, -0.1) is 0 Å². The van der Waals surface area contributed by atoms with Crippen LogP contribution < -0.4 is 10.9 Å². The van der Waals surface area contributed by atoms with Gasteiger partial charge in [0, 0.05) is 36.4 Å². The molecule has 132 valence electrons. The molecule has 1 aliphatic heterocycles. The maximum absolute atomic E-state index is 12.4. The first-order valence-electron chi connectivity index (χ1n) is 8.34.